The van der Waals surface area contributed by atoms with Crippen molar-refractivity contribution in [2.24, 2.45) is 0 Å². The van der Waals surface area contributed by atoms with E-state index in [2.05, 4.69) is 39.8 Å². The maximum Gasteiger partial charge on any atom is 0.277 e. The zero-order chi connectivity index (χ0) is 22.5. The molecule has 0 spiro atoms. The van der Waals surface area contributed by atoms with E-state index in [9.17, 15) is 9.18 Å². The van der Waals surface area contributed by atoms with Gasteiger partial charge in [-0.1, -0.05) is 48.2 Å². The van der Waals surface area contributed by atoms with Crippen LogP contribution in [-0.2, 0) is 4.79 Å². The molecule has 8 heteroatoms. The predicted molar refractivity (Wildman–Crippen MR) is 121 cm³/mol. The number of nitrogens with one attached hydrogen (secondary N) is 1. The number of carbonyl (C=O) groups excluding carboxylic acids is 1. The van der Waals surface area contributed by atoms with Crippen LogP contribution in [0.4, 0.5) is 4.39 Å². The van der Waals surface area contributed by atoms with Crippen LogP contribution in [0, 0.1) is 5.82 Å². The maximum absolute atomic E-state index is 13.0. The number of hydrogen-bond donors (Lipinski definition) is 1. The molecule has 1 heterocycles. The molecule has 0 unspecified atom stereocenters. The van der Waals surface area contributed by atoms with Gasteiger partial charge in [-0.05, 0) is 60.5 Å². The molecule has 0 fully saturated rings. The van der Waals surface area contributed by atoms with Crippen LogP contribution >= 0.6 is 11.8 Å². The summed E-state index contributed by atoms with van der Waals surface area (Å²) in [5.41, 5.74) is 1.04. The second kappa shape index (κ2) is 9.82. The van der Waals surface area contributed by atoms with E-state index >= 15 is 0 Å². The van der Waals surface area contributed by atoms with Crippen molar-refractivity contribution < 1.29 is 18.3 Å². The molecular formula is C24H22FN3O3S. The zero-order valence-corrected chi connectivity index (χ0v) is 18.4. The van der Waals surface area contributed by atoms with Crippen molar-refractivity contribution in [3.05, 3.63) is 84.0 Å². The highest BCUT2D eigenvalue weighted by molar-refractivity contribution is 7.99. The minimum absolute atomic E-state index is 0.130. The summed E-state index contributed by atoms with van der Waals surface area (Å²) in [6.07, 6.45) is -0.510. The smallest absolute Gasteiger partial charge is 0.277 e. The highest BCUT2D eigenvalue weighted by Crippen LogP contribution is 2.25. The molecular weight excluding hydrogens is 429 g/mol. The Morgan fingerprint density at radius 2 is 1.81 bits per heavy atom. The average molecular weight is 452 g/mol. The summed E-state index contributed by atoms with van der Waals surface area (Å²) >= 11 is 1.16. The summed E-state index contributed by atoms with van der Waals surface area (Å²) in [6.45, 7) is 3.70. The minimum Gasteiger partial charge on any atom is -0.481 e. The van der Waals surface area contributed by atoms with Crippen LogP contribution in [0.1, 0.15) is 37.4 Å². The molecule has 4 aromatic rings. The summed E-state index contributed by atoms with van der Waals surface area (Å²) < 4.78 is 24.3. The SMILES string of the molecule is C[C@H](NC(=O)CSc1nnc([C@H](C)Oc2ccc(F)cc2)o1)c1ccc2ccccc2c1. The highest BCUT2D eigenvalue weighted by Gasteiger charge is 2.17. The van der Waals surface area contributed by atoms with Crippen molar-refractivity contribution in [1.82, 2.24) is 15.5 Å². The average Bonchev–Trinajstić information content (AvgIpc) is 3.28. The molecule has 0 saturated carbocycles. The molecule has 6 nitrogen and oxygen atoms in total. The number of hydrogen-bond acceptors (Lipinski definition) is 6. The van der Waals surface area contributed by atoms with E-state index in [0.29, 0.717) is 5.75 Å². The van der Waals surface area contributed by atoms with E-state index in [1.165, 1.54) is 24.3 Å². The molecule has 0 bridgehead atoms. The van der Waals surface area contributed by atoms with Crippen molar-refractivity contribution in [3.63, 3.8) is 0 Å². The first kappa shape index (κ1) is 21.8. The van der Waals surface area contributed by atoms with Crippen molar-refractivity contribution >= 4 is 28.4 Å². The van der Waals surface area contributed by atoms with Gasteiger partial charge in [-0.3, -0.25) is 4.79 Å². The van der Waals surface area contributed by atoms with Gasteiger partial charge in [-0.25, -0.2) is 4.39 Å². The fourth-order valence-corrected chi connectivity index (χ4v) is 3.76. The van der Waals surface area contributed by atoms with Gasteiger partial charge < -0.3 is 14.5 Å². The Kier molecular flexibility index (Phi) is 6.70. The molecule has 1 aromatic heterocycles. The van der Waals surface area contributed by atoms with Gasteiger partial charge in [-0.15, -0.1) is 10.2 Å². The van der Waals surface area contributed by atoms with Crippen molar-refractivity contribution in [1.29, 1.82) is 0 Å². The number of amides is 1. The first-order chi connectivity index (χ1) is 15.5. The van der Waals surface area contributed by atoms with E-state index in [1.54, 1.807) is 6.92 Å². The highest BCUT2D eigenvalue weighted by atomic mass is 32.2. The van der Waals surface area contributed by atoms with Crippen LogP contribution in [0.2, 0.25) is 0 Å². The number of halogens is 1. The Morgan fingerprint density at radius 1 is 1.06 bits per heavy atom. The first-order valence-electron chi connectivity index (χ1n) is 10.1. The number of ether oxygens (including phenoxy) is 1. The third-order valence-electron chi connectivity index (χ3n) is 4.87. The molecule has 2 atom stereocenters. The fourth-order valence-electron chi connectivity index (χ4n) is 3.18. The summed E-state index contributed by atoms with van der Waals surface area (Å²) in [6, 6.07) is 19.8. The number of carbonyl (C=O) groups is 1. The van der Waals surface area contributed by atoms with Gasteiger partial charge in [0, 0.05) is 0 Å². The van der Waals surface area contributed by atoms with Crippen LogP contribution in [-0.4, -0.2) is 21.9 Å². The molecule has 4 rings (SSSR count). The van der Waals surface area contributed by atoms with Crippen LogP contribution in [0.5, 0.6) is 5.75 Å². The van der Waals surface area contributed by atoms with Crippen LogP contribution < -0.4 is 10.1 Å². The number of thioether (sulfide) groups is 1. The number of rotatable bonds is 8. The second-order valence-electron chi connectivity index (χ2n) is 7.30. The molecule has 1 N–H and O–H groups in total. The molecule has 0 aliphatic heterocycles. The van der Waals surface area contributed by atoms with Crippen LogP contribution in [0.3, 0.4) is 0 Å². The summed E-state index contributed by atoms with van der Waals surface area (Å²) in [5, 5.41) is 13.5. The molecule has 0 aliphatic rings. The lowest BCUT2D eigenvalue weighted by Crippen LogP contribution is -2.28. The standard InChI is InChI=1S/C24H22FN3O3S/c1-15(18-8-7-17-5-3-4-6-19(17)13-18)26-22(29)14-32-24-28-27-23(31-24)16(2)30-21-11-9-20(25)10-12-21/h3-13,15-16H,14H2,1-2H3,(H,26,29)/t15-,16-/m0/s1. The van der Waals surface area contributed by atoms with Gasteiger partial charge in [0.05, 0.1) is 11.8 Å². The van der Waals surface area contributed by atoms with E-state index in [0.717, 1.165) is 28.1 Å². The van der Waals surface area contributed by atoms with Crippen LogP contribution in [0.15, 0.2) is 76.4 Å². The van der Waals surface area contributed by atoms with Gasteiger partial charge in [0.25, 0.3) is 11.1 Å². The molecule has 3 aromatic carbocycles. The van der Waals surface area contributed by atoms with Gasteiger partial charge in [0.1, 0.15) is 11.6 Å². The Balaban J connectivity index is 1.29. The Bertz CT molecular complexity index is 1210. The Labute approximate surface area is 189 Å². The summed E-state index contributed by atoms with van der Waals surface area (Å²) in [7, 11) is 0. The maximum atomic E-state index is 13.0. The van der Waals surface area contributed by atoms with E-state index in [-0.39, 0.29) is 34.6 Å². The van der Waals surface area contributed by atoms with E-state index in [4.69, 9.17) is 9.15 Å². The third-order valence-corrected chi connectivity index (χ3v) is 5.69. The van der Waals surface area contributed by atoms with E-state index < -0.39 is 6.10 Å². The normalized spacial score (nSPS) is 13.0. The Hall–Kier alpha value is -3.39. The third kappa shape index (κ3) is 5.45. The molecule has 32 heavy (non-hydrogen) atoms. The fraction of sp³-hybridized carbons (Fsp3) is 0.208. The molecule has 1 amide bonds. The van der Waals surface area contributed by atoms with E-state index in [1.807, 2.05) is 25.1 Å². The topological polar surface area (TPSA) is 77.2 Å². The van der Waals surface area contributed by atoms with Gasteiger partial charge >= 0.3 is 0 Å². The predicted octanol–water partition coefficient (Wildman–Crippen LogP) is 5.47. The zero-order valence-electron chi connectivity index (χ0n) is 17.6. The molecule has 0 radical (unpaired) electrons. The number of aromatic nitrogens is 2. The lowest BCUT2D eigenvalue weighted by molar-refractivity contribution is -0.119. The number of nitrogens with zero attached hydrogens (tertiary/aromatic N) is 2. The first-order valence-corrected chi connectivity index (χ1v) is 11.1. The monoisotopic (exact) mass is 451 g/mol. The lowest BCUT2D eigenvalue weighted by atomic mass is 10.0. The van der Waals surface area contributed by atoms with Gasteiger partial charge in [0.15, 0.2) is 6.10 Å². The summed E-state index contributed by atoms with van der Waals surface area (Å²) in [4.78, 5) is 12.4. The van der Waals surface area contributed by atoms with Crippen LogP contribution in [0.25, 0.3) is 10.8 Å². The summed E-state index contributed by atoms with van der Waals surface area (Å²) in [5.74, 6) is 0.447. The largest absolute Gasteiger partial charge is 0.481 e. The van der Waals surface area contributed by atoms with Gasteiger partial charge in [-0.2, -0.15) is 0 Å². The second-order valence-corrected chi connectivity index (χ2v) is 8.23. The number of benzene rings is 3. The minimum atomic E-state index is -0.510. The quantitative estimate of drug-likeness (QED) is 0.358. The number of fused-ring (bicyclic) bond motifs is 1. The lowest BCUT2D eigenvalue weighted by Gasteiger charge is -2.14. The van der Waals surface area contributed by atoms with Gasteiger partial charge in [0.2, 0.25) is 5.91 Å². The van der Waals surface area contributed by atoms with Crippen molar-refractivity contribution in [3.8, 4) is 5.75 Å². The van der Waals surface area contributed by atoms with Crippen molar-refractivity contribution in [2.45, 2.75) is 31.2 Å². The van der Waals surface area contributed by atoms with Crippen molar-refractivity contribution in [2.75, 3.05) is 5.75 Å². The Morgan fingerprint density at radius 3 is 2.59 bits per heavy atom. The molecule has 164 valence electrons. The molecule has 0 saturated heterocycles. The molecule has 0 aliphatic carbocycles.